The zero-order valence-corrected chi connectivity index (χ0v) is 11.9. The van der Waals surface area contributed by atoms with Gasteiger partial charge >= 0.3 is 0 Å². The van der Waals surface area contributed by atoms with Crippen molar-refractivity contribution in [3.8, 4) is 11.3 Å². The lowest BCUT2D eigenvalue weighted by atomic mass is 9.90. The fraction of sp³-hybridized carbons (Fsp3) is 0.412. The minimum Gasteiger partial charge on any atom is -0.396 e. The molecular formula is C17H20N2O. The van der Waals surface area contributed by atoms with E-state index in [4.69, 9.17) is 5.11 Å². The molecule has 0 fully saturated rings. The Kier molecular flexibility index (Phi) is 3.79. The lowest BCUT2D eigenvalue weighted by molar-refractivity contribution is 0.296. The highest BCUT2D eigenvalue weighted by Crippen LogP contribution is 2.26. The van der Waals surface area contributed by atoms with Gasteiger partial charge in [-0.2, -0.15) is 0 Å². The van der Waals surface area contributed by atoms with Crippen LogP contribution in [0.5, 0.6) is 0 Å². The first-order valence-electron chi connectivity index (χ1n) is 7.34. The van der Waals surface area contributed by atoms with Gasteiger partial charge in [-0.3, -0.25) is 0 Å². The fourth-order valence-electron chi connectivity index (χ4n) is 2.88. The van der Waals surface area contributed by atoms with Crippen LogP contribution in [0.25, 0.3) is 11.3 Å². The molecule has 0 bridgehead atoms. The van der Waals surface area contributed by atoms with Gasteiger partial charge in [-0.1, -0.05) is 12.1 Å². The van der Waals surface area contributed by atoms with Crippen molar-refractivity contribution in [3.63, 3.8) is 0 Å². The van der Waals surface area contributed by atoms with Crippen LogP contribution in [0.4, 0.5) is 0 Å². The molecule has 1 N–H and O–H groups in total. The number of rotatable bonds is 3. The number of aliphatic hydroxyl groups excluding tert-OH is 1. The molecule has 0 amide bonds. The zero-order valence-electron chi connectivity index (χ0n) is 11.9. The molecule has 3 rings (SSSR count). The van der Waals surface area contributed by atoms with E-state index in [-0.39, 0.29) is 6.61 Å². The van der Waals surface area contributed by atoms with Gasteiger partial charge in [-0.25, -0.2) is 9.97 Å². The van der Waals surface area contributed by atoms with E-state index in [1.54, 1.807) is 0 Å². The molecule has 20 heavy (non-hydrogen) atoms. The highest BCUT2D eigenvalue weighted by Gasteiger charge is 2.11. The molecule has 0 spiro atoms. The van der Waals surface area contributed by atoms with E-state index in [1.807, 2.05) is 13.0 Å². The molecule has 0 atom stereocenters. The lowest BCUT2D eigenvalue weighted by Gasteiger charge is -2.16. The van der Waals surface area contributed by atoms with Crippen LogP contribution in [-0.2, 0) is 19.3 Å². The van der Waals surface area contributed by atoms with Crippen molar-refractivity contribution in [2.45, 2.75) is 39.0 Å². The predicted octanol–water partition coefficient (Wildman–Crippen LogP) is 2.87. The minimum atomic E-state index is 0.0904. The molecule has 0 saturated carbocycles. The first-order valence-corrected chi connectivity index (χ1v) is 7.34. The third-order valence-corrected chi connectivity index (χ3v) is 3.88. The number of benzene rings is 1. The van der Waals surface area contributed by atoms with Crippen molar-refractivity contribution in [1.29, 1.82) is 0 Å². The first kappa shape index (κ1) is 13.3. The van der Waals surface area contributed by atoms with Crippen molar-refractivity contribution in [2.24, 2.45) is 0 Å². The average Bonchev–Trinajstić information content (AvgIpc) is 2.46. The standard InChI is InChI=1S/C17H20N2O/c1-12-10-16(19-17(18-12)8-9-20)15-7-6-13-4-2-3-5-14(13)11-15/h6-7,10-11,20H,2-5,8-9H2,1H3. The second-order valence-corrected chi connectivity index (χ2v) is 5.47. The highest BCUT2D eigenvalue weighted by atomic mass is 16.3. The molecule has 3 heteroatoms. The van der Waals surface area contributed by atoms with Gasteiger partial charge in [0.2, 0.25) is 0 Å². The van der Waals surface area contributed by atoms with E-state index < -0.39 is 0 Å². The van der Waals surface area contributed by atoms with E-state index in [0.29, 0.717) is 6.42 Å². The second kappa shape index (κ2) is 5.71. The van der Waals surface area contributed by atoms with Crippen LogP contribution >= 0.6 is 0 Å². The van der Waals surface area contributed by atoms with Gasteiger partial charge in [0.25, 0.3) is 0 Å². The third kappa shape index (κ3) is 2.73. The first-order chi connectivity index (χ1) is 9.76. The molecule has 2 aromatic rings. The summed E-state index contributed by atoms with van der Waals surface area (Å²) in [5.74, 6) is 0.722. The van der Waals surface area contributed by atoms with E-state index in [9.17, 15) is 0 Å². The van der Waals surface area contributed by atoms with Crippen LogP contribution in [0.3, 0.4) is 0 Å². The molecule has 0 saturated heterocycles. The van der Waals surface area contributed by atoms with Crippen LogP contribution < -0.4 is 0 Å². The number of fused-ring (bicyclic) bond motifs is 1. The number of aliphatic hydroxyl groups is 1. The van der Waals surface area contributed by atoms with Crippen molar-refractivity contribution < 1.29 is 5.11 Å². The lowest BCUT2D eigenvalue weighted by Crippen LogP contribution is -2.04. The summed E-state index contributed by atoms with van der Waals surface area (Å²) in [4.78, 5) is 8.94. The van der Waals surface area contributed by atoms with Crippen molar-refractivity contribution >= 4 is 0 Å². The molecule has 1 aliphatic carbocycles. The van der Waals surface area contributed by atoms with Crippen molar-refractivity contribution in [2.75, 3.05) is 6.61 Å². The van der Waals surface area contributed by atoms with Crippen LogP contribution in [0.1, 0.15) is 35.5 Å². The van der Waals surface area contributed by atoms with E-state index in [0.717, 1.165) is 22.8 Å². The predicted molar refractivity (Wildman–Crippen MR) is 79.6 cm³/mol. The highest BCUT2D eigenvalue weighted by molar-refractivity contribution is 5.61. The Balaban J connectivity index is 1.99. The Bertz CT molecular complexity index is 622. The summed E-state index contributed by atoms with van der Waals surface area (Å²) in [7, 11) is 0. The normalized spacial score (nSPS) is 14.1. The van der Waals surface area contributed by atoms with E-state index in [1.165, 1.54) is 36.8 Å². The maximum absolute atomic E-state index is 9.05. The van der Waals surface area contributed by atoms with Crippen LogP contribution in [0, 0.1) is 6.92 Å². The molecule has 104 valence electrons. The Hall–Kier alpha value is -1.74. The van der Waals surface area contributed by atoms with E-state index >= 15 is 0 Å². The van der Waals surface area contributed by atoms with Gasteiger partial charge in [0.05, 0.1) is 12.3 Å². The van der Waals surface area contributed by atoms with Gasteiger partial charge in [0.15, 0.2) is 0 Å². The number of aromatic nitrogens is 2. The SMILES string of the molecule is Cc1cc(-c2ccc3c(c2)CCCC3)nc(CCO)n1. The van der Waals surface area contributed by atoms with Crippen LogP contribution in [-0.4, -0.2) is 21.7 Å². The topological polar surface area (TPSA) is 46.0 Å². The second-order valence-electron chi connectivity index (χ2n) is 5.47. The average molecular weight is 268 g/mol. The smallest absolute Gasteiger partial charge is 0.131 e. The Morgan fingerprint density at radius 2 is 1.85 bits per heavy atom. The summed E-state index contributed by atoms with van der Waals surface area (Å²) in [5, 5.41) is 9.05. The maximum atomic E-state index is 9.05. The van der Waals surface area contributed by atoms with Crippen molar-refractivity contribution in [1.82, 2.24) is 9.97 Å². The largest absolute Gasteiger partial charge is 0.396 e. The molecule has 0 unspecified atom stereocenters. The number of nitrogens with zero attached hydrogens (tertiary/aromatic N) is 2. The van der Waals surface area contributed by atoms with Crippen LogP contribution in [0.2, 0.25) is 0 Å². The molecule has 1 aromatic carbocycles. The molecular weight excluding hydrogens is 248 g/mol. The van der Waals surface area contributed by atoms with Gasteiger partial charge in [-0.15, -0.1) is 0 Å². The summed E-state index contributed by atoms with van der Waals surface area (Å²) in [6.07, 6.45) is 5.49. The summed E-state index contributed by atoms with van der Waals surface area (Å²) in [6.45, 7) is 2.07. The number of hydrogen-bond donors (Lipinski definition) is 1. The summed E-state index contributed by atoms with van der Waals surface area (Å²) in [5.41, 5.74) is 6.04. The van der Waals surface area contributed by atoms with Gasteiger partial charge in [-0.05, 0) is 55.9 Å². The number of hydrogen-bond acceptors (Lipinski definition) is 3. The summed E-state index contributed by atoms with van der Waals surface area (Å²) >= 11 is 0. The third-order valence-electron chi connectivity index (χ3n) is 3.88. The fourth-order valence-corrected chi connectivity index (χ4v) is 2.88. The summed E-state index contributed by atoms with van der Waals surface area (Å²) < 4.78 is 0. The molecule has 0 radical (unpaired) electrons. The van der Waals surface area contributed by atoms with Crippen LogP contribution in [0.15, 0.2) is 24.3 Å². The quantitative estimate of drug-likeness (QED) is 0.931. The maximum Gasteiger partial charge on any atom is 0.131 e. The molecule has 3 nitrogen and oxygen atoms in total. The monoisotopic (exact) mass is 268 g/mol. The van der Waals surface area contributed by atoms with E-state index in [2.05, 4.69) is 28.2 Å². The van der Waals surface area contributed by atoms with Gasteiger partial charge < -0.3 is 5.11 Å². The Morgan fingerprint density at radius 1 is 1.05 bits per heavy atom. The minimum absolute atomic E-state index is 0.0904. The summed E-state index contributed by atoms with van der Waals surface area (Å²) in [6, 6.07) is 8.70. The van der Waals surface area contributed by atoms with Crippen molar-refractivity contribution in [3.05, 3.63) is 46.9 Å². The van der Waals surface area contributed by atoms with Gasteiger partial charge in [0, 0.05) is 17.7 Å². The molecule has 0 aliphatic heterocycles. The number of aryl methyl sites for hydroxylation is 3. The Labute approximate surface area is 119 Å². The Morgan fingerprint density at radius 3 is 2.65 bits per heavy atom. The molecule has 1 aromatic heterocycles. The molecule has 1 aliphatic rings. The van der Waals surface area contributed by atoms with Gasteiger partial charge in [0.1, 0.15) is 5.82 Å². The molecule has 1 heterocycles. The zero-order chi connectivity index (χ0) is 13.9.